The van der Waals surface area contributed by atoms with Crippen molar-refractivity contribution in [3.63, 3.8) is 0 Å². The number of H-pyrrole nitrogens is 1. The molecule has 0 atom stereocenters. The summed E-state index contributed by atoms with van der Waals surface area (Å²) in [5, 5.41) is 0.872. The maximum absolute atomic E-state index is 12.4. The van der Waals surface area contributed by atoms with E-state index in [4.69, 9.17) is 12.2 Å². The molecule has 2 aromatic rings. The average Bonchev–Trinajstić information content (AvgIpc) is 3.13. The predicted molar refractivity (Wildman–Crippen MR) is 92.6 cm³/mol. The van der Waals surface area contributed by atoms with E-state index in [0.29, 0.717) is 4.91 Å². The number of hydrogen-bond donors (Lipinski definition) is 2. The highest BCUT2D eigenvalue weighted by Gasteiger charge is 2.35. The molecule has 9 heteroatoms. The van der Waals surface area contributed by atoms with Crippen molar-refractivity contribution in [2.75, 3.05) is 0 Å². The second-order valence-corrected chi connectivity index (χ2v) is 7.89. The number of aromatic nitrogens is 1. The number of nitrogens with zero attached hydrogens (tertiary/aromatic N) is 1. The van der Waals surface area contributed by atoms with Crippen molar-refractivity contribution >= 4 is 50.3 Å². The molecule has 0 radical (unpaired) electrons. The summed E-state index contributed by atoms with van der Waals surface area (Å²) in [6.45, 7) is 0. The fraction of sp³-hybridized carbons (Fsp3) is 0. The molecule has 1 aliphatic heterocycles. The molecule has 0 saturated carbocycles. The van der Waals surface area contributed by atoms with Gasteiger partial charge in [0.2, 0.25) is 0 Å². The number of nitrogens with one attached hydrogen (secondary N) is 2. The number of hydrogen-bond acceptors (Lipinski definition) is 5. The van der Waals surface area contributed by atoms with Crippen LogP contribution in [0.15, 0.2) is 58.5 Å². The smallest absolute Gasteiger partial charge is 0.281 e. The number of amides is 1. The van der Waals surface area contributed by atoms with Crippen LogP contribution in [0.25, 0.3) is 6.08 Å². The van der Waals surface area contributed by atoms with E-state index in [2.05, 4.69) is 9.82 Å². The summed E-state index contributed by atoms with van der Waals surface area (Å²) in [5.41, 5.74) is 0.733. The van der Waals surface area contributed by atoms with Gasteiger partial charge in [0, 0.05) is 11.9 Å². The van der Waals surface area contributed by atoms with Crippen molar-refractivity contribution < 1.29 is 13.2 Å². The highest BCUT2D eigenvalue weighted by molar-refractivity contribution is 8.26. The summed E-state index contributed by atoms with van der Waals surface area (Å²) in [6, 6.07) is 11.4. The van der Waals surface area contributed by atoms with Crippen LogP contribution in [0.1, 0.15) is 5.69 Å². The molecule has 1 aromatic heterocycles. The van der Waals surface area contributed by atoms with Crippen molar-refractivity contribution in [1.82, 2.24) is 14.8 Å². The Morgan fingerprint density at radius 1 is 1.17 bits per heavy atom. The molecule has 0 bridgehead atoms. The second-order valence-electron chi connectivity index (χ2n) is 4.55. The maximum Gasteiger partial charge on any atom is 0.281 e. The number of carbonyl (C=O) groups excluding carboxylic acids is 1. The van der Waals surface area contributed by atoms with Crippen LogP contribution in [0.3, 0.4) is 0 Å². The molecule has 0 aliphatic carbocycles. The average molecular weight is 365 g/mol. The van der Waals surface area contributed by atoms with Gasteiger partial charge < -0.3 is 4.98 Å². The molecule has 118 valence electrons. The zero-order chi connectivity index (χ0) is 16.4. The predicted octanol–water partition coefficient (Wildman–Crippen LogP) is 2.11. The third-order valence-electron chi connectivity index (χ3n) is 2.97. The Labute approximate surface area is 142 Å². The van der Waals surface area contributed by atoms with Crippen LogP contribution in [0.5, 0.6) is 0 Å². The Hall–Kier alpha value is -1.94. The van der Waals surface area contributed by atoms with Gasteiger partial charge in [0.15, 0.2) is 4.32 Å². The summed E-state index contributed by atoms with van der Waals surface area (Å²) < 4.78 is 24.7. The Kier molecular flexibility index (Phi) is 4.35. The van der Waals surface area contributed by atoms with Gasteiger partial charge in [-0.25, -0.2) is 13.4 Å². The van der Waals surface area contributed by atoms with E-state index in [-0.39, 0.29) is 9.22 Å². The largest absolute Gasteiger partial charge is 0.362 e. The van der Waals surface area contributed by atoms with E-state index < -0.39 is 15.9 Å². The zero-order valence-electron chi connectivity index (χ0n) is 11.6. The molecule has 23 heavy (non-hydrogen) atoms. The van der Waals surface area contributed by atoms with Crippen LogP contribution in [-0.4, -0.2) is 28.6 Å². The molecule has 1 fully saturated rings. The van der Waals surface area contributed by atoms with E-state index in [0.717, 1.165) is 22.5 Å². The summed E-state index contributed by atoms with van der Waals surface area (Å²) in [7, 11) is -3.88. The second kappa shape index (κ2) is 6.28. The van der Waals surface area contributed by atoms with Crippen molar-refractivity contribution in [3.05, 3.63) is 59.3 Å². The van der Waals surface area contributed by atoms with Crippen molar-refractivity contribution in [2.24, 2.45) is 0 Å². The lowest BCUT2D eigenvalue weighted by Crippen LogP contribution is -2.44. The van der Waals surface area contributed by atoms with Crippen molar-refractivity contribution in [1.29, 1.82) is 0 Å². The summed E-state index contributed by atoms with van der Waals surface area (Å²) >= 11 is 6.14. The van der Waals surface area contributed by atoms with Gasteiger partial charge >= 0.3 is 0 Å². The number of thioether (sulfide) groups is 1. The molecule has 1 aliphatic rings. The lowest BCUT2D eigenvalue weighted by atomic mass is 10.3. The number of aromatic amines is 1. The molecule has 0 unspecified atom stereocenters. The van der Waals surface area contributed by atoms with Crippen LogP contribution >= 0.6 is 24.0 Å². The Morgan fingerprint density at radius 2 is 1.91 bits per heavy atom. The number of rotatable bonds is 4. The first-order valence-electron chi connectivity index (χ1n) is 6.46. The first-order valence-corrected chi connectivity index (χ1v) is 9.17. The molecule has 0 spiro atoms. The first kappa shape index (κ1) is 15.9. The molecular weight excluding hydrogens is 354 g/mol. The highest BCUT2D eigenvalue weighted by atomic mass is 32.2. The summed E-state index contributed by atoms with van der Waals surface area (Å²) in [4.78, 5) is 17.9. The Balaban J connectivity index is 1.84. The minimum Gasteiger partial charge on any atom is -0.362 e. The van der Waals surface area contributed by atoms with Gasteiger partial charge in [-0.05, 0) is 30.3 Å². The van der Waals surface area contributed by atoms with Gasteiger partial charge in [0.25, 0.3) is 15.9 Å². The van der Waals surface area contributed by atoms with Gasteiger partial charge in [-0.1, -0.05) is 42.2 Å². The molecular formula is C14H11N3O3S3. The Bertz CT molecular complexity index is 875. The minimum atomic E-state index is -3.88. The first-order chi connectivity index (χ1) is 11.0. The molecule has 1 amide bonds. The van der Waals surface area contributed by atoms with Gasteiger partial charge in [-0.15, -0.1) is 4.83 Å². The minimum absolute atomic E-state index is 0.0578. The standard InChI is InChI=1S/C14H11N3O3S3/c18-13-12(9-10-5-4-8-15-10)22-14(21)17(13)16-23(19,20)11-6-2-1-3-7-11/h1-9,15-16H. The normalized spacial score (nSPS) is 17.2. The fourth-order valence-electron chi connectivity index (χ4n) is 1.89. The molecule has 1 aromatic carbocycles. The quantitative estimate of drug-likeness (QED) is 0.641. The molecule has 3 rings (SSSR count). The topological polar surface area (TPSA) is 82.3 Å². The van der Waals surface area contributed by atoms with Crippen LogP contribution in [0.4, 0.5) is 0 Å². The van der Waals surface area contributed by atoms with Crippen molar-refractivity contribution in [2.45, 2.75) is 4.90 Å². The number of benzene rings is 1. The number of carbonyl (C=O) groups is 1. The SMILES string of the molecule is O=C1C(=Cc2ccc[nH]2)SC(=S)N1NS(=O)(=O)c1ccccc1. The number of sulfonamides is 1. The van der Waals surface area contributed by atoms with Gasteiger partial charge in [0.1, 0.15) is 0 Å². The lowest BCUT2D eigenvalue weighted by Gasteiger charge is -2.15. The third-order valence-corrected chi connectivity index (χ3v) is 5.59. The van der Waals surface area contributed by atoms with E-state index in [1.807, 2.05) is 0 Å². The van der Waals surface area contributed by atoms with E-state index in [1.165, 1.54) is 12.1 Å². The third kappa shape index (κ3) is 3.37. The van der Waals surface area contributed by atoms with E-state index in [9.17, 15) is 13.2 Å². The van der Waals surface area contributed by atoms with E-state index in [1.54, 1.807) is 42.6 Å². The number of thiocarbonyl (C=S) groups is 1. The molecule has 2 N–H and O–H groups in total. The molecule has 2 heterocycles. The molecule has 6 nitrogen and oxygen atoms in total. The van der Waals surface area contributed by atoms with Crippen LogP contribution in [-0.2, 0) is 14.8 Å². The van der Waals surface area contributed by atoms with Gasteiger partial charge in [-0.3, -0.25) is 4.79 Å². The Morgan fingerprint density at radius 3 is 2.57 bits per heavy atom. The fourth-order valence-corrected chi connectivity index (χ4v) is 4.22. The monoisotopic (exact) mass is 365 g/mol. The lowest BCUT2D eigenvalue weighted by molar-refractivity contribution is -0.123. The maximum atomic E-state index is 12.4. The van der Waals surface area contributed by atoms with Gasteiger partial charge in [-0.2, -0.15) is 0 Å². The highest BCUT2D eigenvalue weighted by Crippen LogP contribution is 2.31. The van der Waals surface area contributed by atoms with Crippen molar-refractivity contribution in [3.8, 4) is 0 Å². The molecule has 1 saturated heterocycles. The van der Waals surface area contributed by atoms with E-state index >= 15 is 0 Å². The van der Waals surface area contributed by atoms with Gasteiger partial charge in [0.05, 0.1) is 9.80 Å². The van der Waals surface area contributed by atoms with Crippen LogP contribution < -0.4 is 4.83 Å². The summed E-state index contributed by atoms with van der Waals surface area (Å²) in [5.74, 6) is -0.505. The zero-order valence-corrected chi connectivity index (χ0v) is 14.0. The summed E-state index contributed by atoms with van der Waals surface area (Å²) in [6.07, 6.45) is 3.35. The van der Waals surface area contributed by atoms with Crippen LogP contribution in [0, 0.1) is 0 Å². The van der Waals surface area contributed by atoms with Crippen LogP contribution in [0.2, 0.25) is 0 Å². The number of hydrazine groups is 1.